The van der Waals surface area contributed by atoms with Gasteiger partial charge in [0.1, 0.15) is 0 Å². The minimum absolute atomic E-state index is 0.0840. The number of methoxy groups -OCH3 is 1. The van der Waals surface area contributed by atoms with Crippen molar-refractivity contribution < 1.29 is 9.13 Å². The molecule has 1 aliphatic rings. The van der Waals surface area contributed by atoms with Crippen LogP contribution in [0.2, 0.25) is 0 Å². The number of nitrogens with zero attached hydrogens (tertiary/aromatic N) is 1. The van der Waals surface area contributed by atoms with Crippen LogP contribution in [0.3, 0.4) is 0 Å². The van der Waals surface area contributed by atoms with Crippen LogP contribution in [0.1, 0.15) is 39.2 Å². The first-order chi connectivity index (χ1) is 9.96. The normalized spacial score (nSPS) is 22.2. The maximum Gasteiger partial charge on any atom is 0.165 e. The highest BCUT2D eigenvalue weighted by Crippen LogP contribution is 2.25. The Morgan fingerprint density at radius 1 is 1.43 bits per heavy atom. The molecule has 4 heteroatoms. The molecular weight excluding hydrogens is 267 g/mol. The third-order valence-electron chi connectivity index (χ3n) is 4.35. The van der Waals surface area contributed by atoms with Crippen LogP contribution < -0.4 is 10.1 Å². The zero-order valence-electron chi connectivity index (χ0n) is 13.6. The Bertz CT molecular complexity index is 476. The molecule has 0 spiro atoms. The maximum atomic E-state index is 13.8. The van der Waals surface area contributed by atoms with E-state index in [4.69, 9.17) is 4.74 Å². The van der Waals surface area contributed by atoms with Crippen molar-refractivity contribution in [2.45, 2.75) is 51.7 Å². The molecule has 1 fully saturated rings. The Hall–Kier alpha value is -1.13. The van der Waals surface area contributed by atoms with Gasteiger partial charge in [0.15, 0.2) is 11.6 Å². The quantitative estimate of drug-likeness (QED) is 0.902. The SMILES string of the molecule is CCCC1CN(Cc2ccc(OC)c(F)c2)C(C)(C)CN1. The van der Waals surface area contributed by atoms with Gasteiger partial charge in [-0.3, -0.25) is 4.90 Å². The lowest BCUT2D eigenvalue weighted by Gasteiger charge is -2.46. The summed E-state index contributed by atoms with van der Waals surface area (Å²) in [5.74, 6) is 0.0234. The molecule has 0 aromatic heterocycles. The monoisotopic (exact) mass is 294 g/mol. The summed E-state index contributed by atoms with van der Waals surface area (Å²) in [5.41, 5.74) is 1.08. The Morgan fingerprint density at radius 3 is 2.81 bits per heavy atom. The van der Waals surface area contributed by atoms with Crippen LogP contribution >= 0.6 is 0 Å². The van der Waals surface area contributed by atoms with Crippen LogP contribution in [0, 0.1) is 5.82 Å². The number of halogens is 1. The van der Waals surface area contributed by atoms with E-state index in [1.54, 1.807) is 12.1 Å². The van der Waals surface area contributed by atoms with Crippen molar-refractivity contribution in [2.24, 2.45) is 0 Å². The number of hydrogen-bond acceptors (Lipinski definition) is 3. The highest BCUT2D eigenvalue weighted by Gasteiger charge is 2.33. The smallest absolute Gasteiger partial charge is 0.165 e. The van der Waals surface area contributed by atoms with E-state index in [0.29, 0.717) is 11.8 Å². The molecule has 118 valence electrons. The number of ether oxygens (including phenoxy) is 1. The van der Waals surface area contributed by atoms with E-state index in [0.717, 1.165) is 25.2 Å². The first-order valence-electron chi connectivity index (χ1n) is 7.77. The first-order valence-corrected chi connectivity index (χ1v) is 7.77. The minimum atomic E-state index is -0.284. The molecule has 1 saturated heterocycles. The predicted octanol–water partition coefficient (Wildman–Crippen LogP) is 3.19. The molecule has 1 aromatic rings. The molecule has 1 heterocycles. The van der Waals surface area contributed by atoms with Crippen molar-refractivity contribution >= 4 is 0 Å². The maximum absolute atomic E-state index is 13.8. The third-order valence-corrected chi connectivity index (χ3v) is 4.35. The molecule has 1 aromatic carbocycles. The molecule has 21 heavy (non-hydrogen) atoms. The van der Waals surface area contributed by atoms with Crippen molar-refractivity contribution in [3.05, 3.63) is 29.6 Å². The summed E-state index contributed by atoms with van der Waals surface area (Å²) in [4.78, 5) is 2.45. The summed E-state index contributed by atoms with van der Waals surface area (Å²) in [6, 6.07) is 5.79. The average molecular weight is 294 g/mol. The second-order valence-electron chi connectivity index (χ2n) is 6.53. The van der Waals surface area contributed by atoms with Gasteiger partial charge in [-0.15, -0.1) is 0 Å². The van der Waals surface area contributed by atoms with Gasteiger partial charge in [0.05, 0.1) is 7.11 Å². The molecule has 1 unspecified atom stereocenters. The number of nitrogens with one attached hydrogen (secondary N) is 1. The number of hydrogen-bond donors (Lipinski definition) is 1. The van der Waals surface area contributed by atoms with E-state index in [-0.39, 0.29) is 11.4 Å². The summed E-state index contributed by atoms with van der Waals surface area (Å²) in [6.45, 7) is 9.44. The third kappa shape index (κ3) is 3.95. The van der Waals surface area contributed by atoms with Crippen molar-refractivity contribution in [1.82, 2.24) is 10.2 Å². The number of piperazine rings is 1. The Kier molecular flexibility index (Phi) is 5.22. The van der Waals surface area contributed by atoms with E-state index >= 15 is 0 Å². The van der Waals surface area contributed by atoms with E-state index < -0.39 is 0 Å². The summed E-state index contributed by atoms with van der Waals surface area (Å²) in [6.07, 6.45) is 2.37. The van der Waals surface area contributed by atoms with Crippen LogP contribution in [0.15, 0.2) is 18.2 Å². The molecule has 1 aliphatic heterocycles. The minimum Gasteiger partial charge on any atom is -0.494 e. The van der Waals surface area contributed by atoms with E-state index in [2.05, 4.69) is 31.0 Å². The molecule has 0 aliphatic carbocycles. The lowest BCUT2D eigenvalue weighted by molar-refractivity contribution is 0.0563. The van der Waals surface area contributed by atoms with Crippen molar-refractivity contribution in [3.63, 3.8) is 0 Å². The predicted molar refractivity (Wildman–Crippen MR) is 84.1 cm³/mol. The van der Waals surface area contributed by atoms with Gasteiger partial charge >= 0.3 is 0 Å². The summed E-state index contributed by atoms with van der Waals surface area (Å²) in [5, 5.41) is 3.62. The largest absolute Gasteiger partial charge is 0.494 e. The van der Waals surface area contributed by atoms with Crippen molar-refractivity contribution in [3.8, 4) is 5.75 Å². The Balaban J connectivity index is 2.09. The number of rotatable bonds is 5. The zero-order chi connectivity index (χ0) is 15.5. The van der Waals surface area contributed by atoms with Crippen molar-refractivity contribution in [1.29, 1.82) is 0 Å². The first kappa shape index (κ1) is 16.2. The van der Waals surface area contributed by atoms with Crippen LogP contribution in [0.5, 0.6) is 5.75 Å². The van der Waals surface area contributed by atoms with Crippen LogP contribution in [0.25, 0.3) is 0 Å². The second-order valence-corrected chi connectivity index (χ2v) is 6.53. The van der Waals surface area contributed by atoms with Gasteiger partial charge in [0, 0.05) is 31.2 Å². The van der Waals surface area contributed by atoms with Gasteiger partial charge in [-0.05, 0) is 38.0 Å². The highest BCUT2D eigenvalue weighted by molar-refractivity contribution is 5.29. The van der Waals surface area contributed by atoms with Gasteiger partial charge < -0.3 is 10.1 Å². The molecule has 0 bridgehead atoms. The highest BCUT2D eigenvalue weighted by atomic mass is 19.1. The standard InChI is InChI=1S/C17H27FN2O/c1-5-6-14-11-20(17(2,3)12-19-14)10-13-7-8-16(21-4)15(18)9-13/h7-9,14,19H,5-6,10-12H2,1-4H3. The average Bonchev–Trinajstić information content (AvgIpc) is 2.43. The zero-order valence-corrected chi connectivity index (χ0v) is 13.6. The molecule has 2 rings (SSSR count). The fourth-order valence-electron chi connectivity index (χ4n) is 2.93. The van der Waals surface area contributed by atoms with E-state index in [1.807, 2.05) is 6.07 Å². The molecular formula is C17H27FN2O. The molecule has 3 nitrogen and oxygen atoms in total. The molecule has 0 amide bonds. The van der Waals surface area contributed by atoms with Gasteiger partial charge in [0.25, 0.3) is 0 Å². The Labute approximate surface area is 127 Å². The van der Waals surface area contributed by atoms with Gasteiger partial charge in [-0.1, -0.05) is 19.4 Å². The van der Waals surface area contributed by atoms with Gasteiger partial charge in [-0.25, -0.2) is 4.39 Å². The van der Waals surface area contributed by atoms with Crippen molar-refractivity contribution in [2.75, 3.05) is 20.2 Å². The Morgan fingerprint density at radius 2 is 2.19 bits per heavy atom. The van der Waals surface area contributed by atoms with E-state index in [1.165, 1.54) is 20.0 Å². The summed E-state index contributed by atoms with van der Waals surface area (Å²) >= 11 is 0. The van der Waals surface area contributed by atoms with Crippen LogP contribution in [0.4, 0.5) is 4.39 Å². The lowest BCUT2D eigenvalue weighted by Crippen LogP contribution is -2.61. The van der Waals surface area contributed by atoms with Gasteiger partial charge in [-0.2, -0.15) is 0 Å². The fourth-order valence-corrected chi connectivity index (χ4v) is 2.93. The van der Waals surface area contributed by atoms with E-state index in [9.17, 15) is 4.39 Å². The fraction of sp³-hybridized carbons (Fsp3) is 0.647. The summed E-state index contributed by atoms with van der Waals surface area (Å²) < 4.78 is 18.8. The molecule has 0 saturated carbocycles. The second kappa shape index (κ2) is 6.75. The molecule has 1 atom stereocenters. The molecule has 1 N–H and O–H groups in total. The van der Waals surface area contributed by atoms with Gasteiger partial charge in [0.2, 0.25) is 0 Å². The van der Waals surface area contributed by atoms with Crippen LogP contribution in [-0.2, 0) is 6.54 Å². The lowest BCUT2D eigenvalue weighted by atomic mass is 9.95. The topological polar surface area (TPSA) is 24.5 Å². The van der Waals surface area contributed by atoms with Crippen LogP contribution in [-0.4, -0.2) is 36.7 Å². The number of benzene rings is 1. The molecule has 0 radical (unpaired) electrons. The summed E-state index contributed by atoms with van der Waals surface area (Å²) in [7, 11) is 1.49.